The Bertz CT molecular complexity index is 579. The molecule has 3 heteroatoms. The molecule has 0 bridgehead atoms. The van der Waals surface area contributed by atoms with Crippen LogP contribution in [0.15, 0.2) is 60.7 Å². The van der Waals surface area contributed by atoms with Crippen LogP contribution in [0.25, 0.3) is 0 Å². The third kappa shape index (κ3) is 4.83. The Kier molecular flexibility index (Phi) is 6.27. The number of hydrogen-bond donors (Lipinski definition) is 0. The Morgan fingerprint density at radius 1 is 0.958 bits per heavy atom. The Morgan fingerprint density at radius 3 is 2.21 bits per heavy atom. The lowest BCUT2D eigenvalue weighted by Crippen LogP contribution is -2.39. The summed E-state index contributed by atoms with van der Waals surface area (Å²) in [6.45, 7) is 3.27. The van der Waals surface area contributed by atoms with Crippen LogP contribution in [0.2, 0.25) is 0 Å². The molecule has 0 aromatic heterocycles. The van der Waals surface area contributed by atoms with Gasteiger partial charge in [0.15, 0.2) is 0 Å². The van der Waals surface area contributed by atoms with Crippen molar-refractivity contribution in [3.63, 3.8) is 0 Å². The molecule has 0 aliphatic carbocycles. The zero-order chi connectivity index (χ0) is 16.6. The van der Waals surface area contributed by atoms with Crippen molar-refractivity contribution in [1.29, 1.82) is 0 Å². The summed E-state index contributed by atoms with van der Waals surface area (Å²) in [5.41, 5.74) is 1.27. The van der Waals surface area contributed by atoms with Crippen LogP contribution in [0.1, 0.15) is 30.9 Å². The van der Waals surface area contributed by atoms with Crippen LogP contribution in [-0.4, -0.2) is 37.7 Å². The quantitative estimate of drug-likeness (QED) is 0.757. The summed E-state index contributed by atoms with van der Waals surface area (Å²) in [5.74, 6) is 0.986. The van der Waals surface area contributed by atoms with Gasteiger partial charge < -0.3 is 14.4 Å². The number of piperidine rings is 1. The summed E-state index contributed by atoms with van der Waals surface area (Å²) >= 11 is 0. The number of nitrogens with zero attached hydrogens (tertiary/aromatic N) is 1. The molecule has 3 rings (SSSR count). The van der Waals surface area contributed by atoms with Crippen LogP contribution in [0, 0.1) is 0 Å². The SMILES string of the molecule is CO[C@@H](CCN1CCC(Oc2ccccc2)CC1)c1ccccc1. The Morgan fingerprint density at radius 2 is 1.58 bits per heavy atom. The number of para-hydroxylation sites is 1. The third-order valence-corrected chi connectivity index (χ3v) is 4.74. The summed E-state index contributed by atoms with van der Waals surface area (Å²) in [6.07, 6.45) is 3.75. The smallest absolute Gasteiger partial charge is 0.119 e. The molecule has 0 radical (unpaired) electrons. The molecule has 0 spiro atoms. The molecule has 1 heterocycles. The highest BCUT2D eigenvalue weighted by atomic mass is 16.5. The van der Waals surface area contributed by atoms with Crippen molar-refractivity contribution < 1.29 is 9.47 Å². The van der Waals surface area contributed by atoms with Crippen molar-refractivity contribution in [3.8, 4) is 5.75 Å². The minimum Gasteiger partial charge on any atom is -0.490 e. The highest BCUT2D eigenvalue weighted by Gasteiger charge is 2.21. The lowest BCUT2D eigenvalue weighted by atomic mass is 10.0. The number of ether oxygens (including phenoxy) is 2. The predicted octanol–water partition coefficient (Wildman–Crippen LogP) is 4.31. The monoisotopic (exact) mass is 325 g/mol. The lowest BCUT2D eigenvalue weighted by Gasteiger charge is -2.33. The Labute approximate surface area is 145 Å². The highest BCUT2D eigenvalue weighted by molar-refractivity contribution is 5.21. The minimum absolute atomic E-state index is 0.185. The van der Waals surface area contributed by atoms with Gasteiger partial charge >= 0.3 is 0 Å². The van der Waals surface area contributed by atoms with E-state index in [0.29, 0.717) is 6.10 Å². The first-order valence-corrected chi connectivity index (χ1v) is 8.87. The lowest BCUT2D eigenvalue weighted by molar-refractivity contribution is 0.0638. The molecule has 1 fully saturated rings. The Hall–Kier alpha value is -1.84. The highest BCUT2D eigenvalue weighted by Crippen LogP contribution is 2.23. The summed E-state index contributed by atoms with van der Waals surface area (Å²) < 4.78 is 11.7. The van der Waals surface area contributed by atoms with Gasteiger partial charge in [0.05, 0.1) is 6.10 Å². The molecule has 2 aromatic rings. The van der Waals surface area contributed by atoms with E-state index in [-0.39, 0.29) is 6.10 Å². The predicted molar refractivity (Wildman–Crippen MR) is 97.3 cm³/mol. The van der Waals surface area contributed by atoms with Gasteiger partial charge in [-0.3, -0.25) is 0 Å². The van der Waals surface area contributed by atoms with Gasteiger partial charge in [-0.25, -0.2) is 0 Å². The van der Waals surface area contributed by atoms with Gasteiger partial charge in [0, 0.05) is 26.7 Å². The van der Waals surface area contributed by atoms with Crippen LogP contribution in [0.3, 0.4) is 0 Å². The molecule has 0 saturated carbocycles. The van der Waals surface area contributed by atoms with E-state index in [1.165, 1.54) is 5.56 Å². The molecule has 0 N–H and O–H groups in total. The summed E-state index contributed by atoms with van der Waals surface area (Å²) in [6, 6.07) is 20.6. The molecule has 1 atom stereocenters. The molecular weight excluding hydrogens is 298 g/mol. The molecule has 2 aromatic carbocycles. The van der Waals surface area contributed by atoms with Crippen molar-refractivity contribution in [1.82, 2.24) is 4.90 Å². The molecule has 128 valence electrons. The maximum absolute atomic E-state index is 6.07. The standard InChI is InChI=1S/C21H27NO2/c1-23-21(18-8-4-2-5-9-18)14-17-22-15-12-20(13-16-22)24-19-10-6-3-7-11-19/h2-11,20-21H,12-17H2,1H3/t21-/m0/s1. The van der Waals surface area contributed by atoms with Crippen LogP contribution in [0.4, 0.5) is 0 Å². The van der Waals surface area contributed by atoms with Gasteiger partial charge in [0.2, 0.25) is 0 Å². The van der Waals surface area contributed by atoms with Crippen molar-refractivity contribution in [2.24, 2.45) is 0 Å². The molecule has 3 nitrogen and oxygen atoms in total. The van der Waals surface area contributed by atoms with E-state index < -0.39 is 0 Å². The van der Waals surface area contributed by atoms with E-state index >= 15 is 0 Å². The average Bonchev–Trinajstić information content (AvgIpc) is 2.65. The number of rotatable bonds is 7. The fourth-order valence-electron chi connectivity index (χ4n) is 3.33. The fourth-order valence-corrected chi connectivity index (χ4v) is 3.33. The maximum atomic E-state index is 6.07. The summed E-state index contributed by atoms with van der Waals surface area (Å²) in [4.78, 5) is 2.53. The zero-order valence-corrected chi connectivity index (χ0v) is 14.4. The van der Waals surface area contributed by atoms with Gasteiger partial charge in [-0.1, -0.05) is 48.5 Å². The number of methoxy groups -OCH3 is 1. The Balaban J connectivity index is 1.42. The second-order valence-electron chi connectivity index (χ2n) is 6.40. The van der Waals surface area contributed by atoms with E-state index in [0.717, 1.165) is 44.6 Å². The second kappa shape index (κ2) is 8.86. The van der Waals surface area contributed by atoms with E-state index in [2.05, 4.69) is 29.2 Å². The normalized spacial score (nSPS) is 17.5. The van der Waals surface area contributed by atoms with E-state index in [1.54, 1.807) is 7.11 Å². The molecular formula is C21H27NO2. The second-order valence-corrected chi connectivity index (χ2v) is 6.40. The first kappa shape index (κ1) is 17.0. The van der Waals surface area contributed by atoms with Gasteiger partial charge in [0.1, 0.15) is 11.9 Å². The first-order chi connectivity index (χ1) is 11.8. The molecule has 0 unspecified atom stereocenters. The molecule has 1 aliphatic heterocycles. The molecule has 24 heavy (non-hydrogen) atoms. The molecule has 1 aliphatic rings. The van der Waals surface area contributed by atoms with Crippen molar-refractivity contribution in [2.75, 3.05) is 26.7 Å². The topological polar surface area (TPSA) is 21.7 Å². The third-order valence-electron chi connectivity index (χ3n) is 4.74. The summed E-state index contributed by atoms with van der Waals surface area (Å²) in [5, 5.41) is 0. The summed E-state index contributed by atoms with van der Waals surface area (Å²) in [7, 11) is 1.80. The largest absolute Gasteiger partial charge is 0.490 e. The zero-order valence-electron chi connectivity index (χ0n) is 14.4. The van der Waals surface area contributed by atoms with E-state index in [4.69, 9.17) is 9.47 Å². The van der Waals surface area contributed by atoms with Gasteiger partial charge in [-0.05, 0) is 37.0 Å². The maximum Gasteiger partial charge on any atom is 0.119 e. The van der Waals surface area contributed by atoms with Gasteiger partial charge in [-0.15, -0.1) is 0 Å². The molecule has 0 amide bonds. The van der Waals surface area contributed by atoms with Gasteiger partial charge in [-0.2, -0.15) is 0 Å². The average molecular weight is 325 g/mol. The van der Waals surface area contributed by atoms with E-state index in [1.807, 2.05) is 36.4 Å². The van der Waals surface area contributed by atoms with Crippen LogP contribution in [0.5, 0.6) is 5.75 Å². The van der Waals surface area contributed by atoms with Crippen molar-refractivity contribution in [3.05, 3.63) is 66.2 Å². The van der Waals surface area contributed by atoms with Crippen LogP contribution >= 0.6 is 0 Å². The number of hydrogen-bond acceptors (Lipinski definition) is 3. The molecule has 1 saturated heterocycles. The van der Waals surface area contributed by atoms with E-state index in [9.17, 15) is 0 Å². The van der Waals surface area contributed by atoms with Crippen LogP contribution < -0.4 is 4.74 Å². The van der Waals surface area contributed by atoms with Gasteiger partial charge in [0.25, 0.3) is 0 Å². The van der Waals surface area contributed by atoms with Crippen LogP contribution in [-0.2, 0) is 4.74 Å². The van der Waals surface area contributed by atoms with Crippen molar-refractivity contribution in [2.45, 2.75) is 31.5 Å². The first-order valence-electron chi connectivity index (χ1n) is 8.87. The fraction of sp³-hybridized carbons (Fsp3) is 0.429. The minimum atomic E-state index is 0.185. The number of likely N-dealkylation sites (tertiary alicyclic amines) is 1. The number of benzene rings is 2. The van der Waals surface area contributed by atoms with Crippen molar-refractivity contribution >= 4 is 0 Å².